The standard InChI is InChI=1S/C67H36N8/c1-41-29-42(38-68)31-49(30-41)67-65(74-61-25-21-44(50-14-6-5-13-48(50)40-70)34-54(61)55-35-45(22-26-62(55)74)51-15-7-10-18-58(51)71-2)32-43(39-69)33-66(67)75-63-27-23-46(52-16-8-11-19-59(52)72-3)36-56(63)57-37-47(24-28-64(57)75)53-17-9-12-20-60(53)73-4/h5-37H,1H3. The zero-order valence-electron chi connectivity index (χ0n) is 40.1. The first-order valence-corrected chi connectivity index (χ1v) is 24.0. The molecule has 75 heavy (non-hydrogen) atoms. The number of nitriles is 3. The van der Waals surface area contributed by atoms with E-state index in [1.54, 1.807) is 0 Å². The number of aromatic nitrogens is 2. The Kier molecular flexibility index (Phi) is 10.9. The number of hydrogen-bond acceptors (Lipinski definition) is 3. The van der Waals surface area contributed by atoms with Crippen LogP contribution in [0.5, 0.6) is 0 Å². The summed E-state index contributed by atoms with van der Waals surface area (Å²) in [5, 5.41) is 35.5. The Morgan fingerprint density at radius 2 is 0.720 bits per heavy atom. The second-order valence-electron chi connectivity index (χ2n) is 18.3. The zero-order valence-corrected chi connectivity index (χ0v) is 40.1. The third-order valence-corrected chi connectivity index (χ3v) is 14.1. The summed E-state index contributed by atoms with van der Waals surface area (Å²) < 4.78 is 4.38. The van der Waals surface area contributed by atoms with Crippen LogP contribution in [-0.4, -0.2) is 9.13 Å². The van der Waals surface area contributed by atoms with Crippen LogP contribution < -0.4 is 0 Å². The van der Waals surface area contributed by atoms with Crippen LogP contribution in [0.25, 0.3) is 125 Å². The molecular formula is C67H36N8. The van der Waals surface area contributed by atoms with Gasteiger partial charge in [0, 0.05) is 27.1 Å². The van der Waals surface area contributed by atoms with Gasteiger partial charge in [0.1, 0.15) is 0 Å². The second kappa shape index (κ2) is 18.2. The average molecular weight is 953 g/mol. The number of para-hydroxylation sites is 3. The molecule has 0 fully saturated rings. The van der Waals surface area contributed by atoms with E-state index in [1.807, 2.05) is 153 Å². The van der Waals surface area contributed by atoms with Gasteiger partial charge in [-0.05, 0) is 141 Å². The Morgan fingerprint density at radius 3 is 1.11 bits per heavy atom. The number of hydrogen-bond donors (Lipinski definition) is 0. The molecule has 0 bridgehead atoms. The normalized spacial score (nSPS) is 10.9. The molecule has 344 valence electrons. The minimum Gasteiger partial charge on any atom is -0.308 e. The smallest absolute Gasteiger partial charge is 0.194 e. The van der Waals surface area contributed by atoms with E-state index in [0.29, 0.717) is 45.1 Å². The summed E-state index contributed by atoms with van der Waals surface area (Å²) in [6.07, 6.45) is 0. The van der Waals surface area contributed by atoms with Crippen LogP contribution in [0.15, 0.2) is 200 Å². The third-order valence-electron chi connectivity index (χ3n) is 14.1. The van der Waals surface area contributed by atoms with E-state index in [2.05, 4.69) is 96.5 Å². The number of aryl methyl sites for hydroxylation is 1. The van der Waals surface area contributed by atoms with E-state index >= 15 is 0 Å². The van der Waals surface area contributed by atoms with Crippen LogP contribution in [0.3, 0.4) is 0 Å². The first kappa shape index (κ1) is 44.9. The first-order valence-electron chi connectivity index (χ1n) is 24.0. The highest BCUT2D eigenvalue weighted by Gasteiger charge is 2.26. The first-order chi connectivity index (χ1) is 36.8. The summed E-state index contributed by atoms with van der Waals surface area (Å²) in [7, 11) is 0. The Balaban J connectivity index is 1.23. The predicted molar refractivity (Wildman–Crippen MR) is 300 cm³/mol. The Morgan fingerprint density at radius 1 is 0.360 bits per heavy atom. The summed E-state index contributed by atoms with van der Waals surface area (Å²) in [4.78, 5) is 11.6. The van der Waals surface area contributed by atoms with Gasteiger partial charge in [0.25, 0.3) is 0 Å². The lowest BCUT2D eigenvalue weighted by Crippen LogP contribution is -2.05. The monoisotopic (exact) mass is 952 g/mol. The Labute approximate surface area is 432 Å². The van der Waals surface area contributed by atoms with Crippen molar-refractivity contribution in [2.24, 2.45) is 0 Å². The molecule has 0 spiro atoms. The van der Waals surface area contributed by atoms with Crippen molar-refractivity contribution in [3.63, 3.8) is 0 Å². The molecule has 0 saturated carbocycles. The lowest BCUT2D eigenvalue weighted by molar-refractivity contribution is 1.13. The summed E-state index contributed by atoms with van der Waals surface area (Å²) in [5.74, 6) is 0. The van der Waals surface area contributed by atoms with Gasteiger partial charge in [0.15, 0.2) is 17.1 Å². The molecule has 8 nitrogen and oxygen atoms in total. The molecule has 12 aromatic rings. The molecule has 0 aliphatic carbocycles. The van der Waals surface area contributed by atoms with Crippen LogP contribution >= 0.6 is 0 Å². The highest BCUT2D eigenvalue weighted by molar-refractivity contribution is 6.15. The molecule has 0 aliphatic heterocycles. The summed E-state index contributed by atoms with van der Waals surface area (Å²) >= 11 is 0. The minimum atomic E-state index is 0.397. The maximum absolute atomic E-state index is 11.2. The van der Waals surface area contributed by atoms with E-state index in [9.17, 15) is 15.8 Å². The van der Waals surface area contributed by atoms with Crippen LogP contribution in [0.4, 0.5) is 17.1 Å². The third kappa shape index (κ3) is 7.41. The molecule has 10 aromatic carbocycles. The fourth-order valence-electron chi connectivity index (χ4n) is 10.8. The van der Waals surface area contributed by atoms with Gasteiger partial charge in [0.05, 0.1) is 88.1 Å². The van der Waals surface area contributed by atoms with Crippen molar-refractivity contribution in [1.82, 2.24) is 9.13 Å². The fraction of sp³-hybridized carbons (Fsp3) is 0.0149. The van der Waals surface area contributed by atoms with Crippen LogP contribution in [0.1, 0.15) is 22.3 Å². The molecule has 2 heterocycles. The van der Waals surface area contributed by atoms with E-state index in [4.69, 9.17) is 19.7 Å². The summed E-state index contributed by atoms with van der Waals surface area (Å²) in [5.41, 5.74) is 16.8. The van der Waals surface area contributed by atoms with Crippen molar-refractivity contribution >= 4 is 60.7 Å². The van der Waals surface area contributed by atoms with Crippen LogP contribution in [0.2, 0.25) is 0 Å². The fourth-order valence-corrected chi connectivity index (χ4v) is 10.8. The van der Waals surface area contributed by atoms with Crippen molar-refractivity contribution in [1.29, 1.82) is 15.8 Å². The molecule has 0 radical (unpaired) electrons. The molecule has 12 rings (SSSR count). The Bertz CT molecular complexity index is 4210. The van der Waals surface area contributed by atoms with Gasteiger partial charge in [-0.1, -0.05) is 121 Å². The maximum atomic E-state index is 11.2. The predicted octanol–water partition coefficient (Wildman–Crippen LogP) is 17.8. The number of nitrogens with zero attached hydrogens (tertiary/aromatic N) is 8. The maximum Gasteiger partial charge on any atom is 0.194 e. The van der Waals surface area contributed by atoms with Gasteiger partial charge in [0.2, 0.25) is 0 Å². The highest BCUT2D eigenvalue weighted by Crippen LogP contribution is 2.47. The van der Waals surface area contributed by atoms with E-state index in [1.165, 1.54) is 0 Å². The van der Waals surface area contributed by atoms with Gasteiger partial charge < -0.3 is 9.13 Å². The molecule has 0 unspecified atom stereocenters. The molecule has 0 aliphatic rings. The molecule has 0 saturated heterocycles. The SMILES string of the molecule is [C-]#[N+]c1ccccc1-c1ccc2c(c1)c1cc(-c3ccccc3C#N)ccc1n2-c1cc(C#N)cc(-n2c3ccc(-c4ccccc4[N+]#[C-])cc3c3cc(-c4ccccc4[N+]#[C-])ccc32)c1-c1cc(C)cc(C#N)c1. The lowest BCUT2D eigenvalue weighted by Gasteiger charge is -2.21. The van der Waals surface area contributed by atoms with E-state index in [0.717, 1.165) is 105 Å². The van der Waals surface area contributed by atoms with E-state index in [-0.39, 0.29) is 0 Å². The minimum absolute atomic E-state index is 0.397. The van der Waals surface area contributed by atoms with Crippen molar-refractivity contribution in [3.8, 4) is 85.2 Å². The quantitative estimate of drug-likeness (QED) is 0.149. The average Bonchev–Trinajstić information content (AvgIpc) is 3.98. The molecular weight excluding hydrogens is 917 g/mol. The molecule has 0 atom stereocenters. The van der Waals surface area contributed by atoms with Gasteiger partial charge in [-0.25, -0.2) is 14.5 Å². The lowest BCUT2D eigenvalue weighted by atomic mass is 9.95. The molecule has 0 amide bonds. The summed E-state index contributed by atoms with van der Waals surface area (Å²) in [6.45, 7) is 26.1. The van der Waals surface area contributed by atoms with Crippen LogP contribution in [0, 0.1) is 60.6 Å². The molecule has 8 heteroatoms. The second-order valence-corrected chi connectivity index (χ2v) is 18.3. The number of benzene rings is 10. The zero-order chi connectivity index (χ0) is 51.3. The molecule has 2 aromatic heterocycles. The highest BCUT2D eigenvalue weighted by atomic mass is 15.0. The number of fused-ring (bicyclic) bond motifs is 6. The van der Waals surface area contributed by atoms with Crippen molar-refractivity contribution in [3.05, 3.63) is 257 Å². The van der Waals surface area contributed by atoms with Gasteiger partial charge in [-0.2, -0.15) is 15.8 Å². The van der Waals surface area contributed by atoms with Crippen molar-refractivity contribution < 1.29 is 0 Å². The summed E-state index contributed by atoms with van der Waals surface area (Å²) in [6, 6.07) is 72.1. The van der Waals surface area contributed by atoms with Crippen molar-refractivity contribution in [2.45, 2.75) is 6.92 Å². The van der Waals surface area contributed by atoms with Crippen LogP contribution in [-0.2, 0) is 0 Å². The van der Waals surface area contributed by atoms with Crippen molar-refractivity contribution in [2.75, 3.05) is 0 Å². The van der Waals surface area contributed by atoms with Gasteiger partial charge in [-0.15, -0.1) is 0 Å². The molecule has 0 N–H and O–H groups in total. The van der Waals surface area contributed by atoms with E-state index < -0.39 is 0 Å². The largest absolute Gasteiger partial charge is 0.308 e. The van der Waals surface area contributed by atoms with Gasteiger partial charge in [-0.3, -0.25) is 0 Å². The van der Waals surface area contributed by atoms with Gasteiger partial charge >= 0.3 is 0 Å². The number of rotatable bonds is 7. The Hall–Kier alpha value is -11.3. The topological polar surface area (TPSA) is 94.3 Å².